The maximum Gasteiger partial charge on any atom is 0.410 e. The summed E-state index contributed by atoms with van der Waals surface area (Å²) in [5.41, 5.74) is 1.87. The normalized spacial score (nSPS) is 16.2. The quantitative estimate of drug-likeness (QED) is 0.474. The molecule has 3 aromatic heterocycles. The Kier molecular flexibility index (Phi) is 5.92. The molecular formula is C26H30N6O3. The van der Waals surface area contributed by atoms with E-state index in [2.05, 4.69) is 15.4 Å². The number of rotatable bonds is 5. The second-order valence-electron chi connectivity index (χ2n) is 9.95. The van der Waals surface area contributed by atoms with Gasteiger partial charge in [0.25, 0.3) is 5.56 Å². The summed E-state index contributed by atoms with van der Waals surface area (Å²) in [5, 5.41) is 9.26. The smallest absolute Gasteiger partial charge is 0.410 e. The lowest BCUT2D eigenvalue weighted by Gasteiger charge is -2.24. The van der Waals surface area contributed by atoms with E-state index < -0.39 is 5.60 Å². The van der Waals surface area contributed by atoms with Crippen LogP contribution < -0.4 is 10.9 Å². The Morgan fingerprint density at radius 3 is 2.86 bits per heavy atom. The first-order valence-electron chi connectivity index (χ1n) is 11.9. The van der Waals surface area contributed by atoms with Crippen LogP contribution in [0.2, 0.25) is 0 Å². The van der Waals surface area contributed by atoms with Crippen LogP contribution in [-0.2, 0) is 17.7 Å². The lowest BCUT2D eigenvalue weighted by atomic mass is 10.1. The van der Waals surface area contributed by atoms with E-state index in [-0.39, 0.29) is 17.7 Å². The van der Waals surface area contributed by atoms with Crippen LogP contribution in [0.1, 0.15) is 32.9 Å². The molecule has 35 heavy (non-hydrogen) atoms. The highest BCUT2D eigenvalue weighted by atomic mass is 16.6. The Balaban J connectivity index is 1.33. The molecule has 1 aliphatic heterocycles. The molecule has 1 saturated heterocycles. The van der Waals surface area contributed by atoms with E-state index in [0.717, 1.165) is 28.8 Å². The van der Waals surface area contributed by atoms with Crippen molar-refractivity contribution in [3.63, 3.8) is 0 Å². The van der Waals surface area contributed by atoms with Crippen LogP contribution in [0.3, 0.4) is 0 Å². The molecular weight excluding hydrogens is 444 g/mol. The molecule has 182 valence electrons. The molecule has 5 rings (SSSR count). The predicted octanol–water partition coefficient (Wildman–Crippen LogP) is 3.71. The zero-order valence-corrected chi connectivity index (χ0v) is 20.3. The van der Waals surface area contributed by atoms with Gasteiger partial charge in [-0.1, -0.05) is 18.2 Å². The second kappa shape index (κ2) is 9.05. The lowest BCUT2D eigenvalue weighted by molar-refractivity contribution is 0.0293. The molecule has 1 fully saturated rings. The summed E-state index contributed by atoms with van der Waals surface area (Å²) in [6.07, 6.45) is 6.74. The maximum absolute atomic E-state index is 13.4. The van der Waals surface area contributed by atoms with Crippen LogP contribution in [-0.4, -0.2) is 54.9 Å². The van der Waals surface area contributed by atoms with E-state index in [0.29, 0.717) is 31.4 Å². The fourth-order valence-electron chi connectivity index (χ4n) is 4.43. The molecule has 1 N–H and O–H groups in total. The molecule has 1 aromatic carbocycles. The zero-order valence-electron chi connectivity index (χ0n) is 20.3. The third-order valence-electron chi connectivity index (χ3n) is 6.07. The highest BCUT2D eigenvalue weighted by Gasteiger charge is 2.30. The van der Waals surface area contributed by atoms with E-state index in [1.807, 2.05) is 74.0 Å². The number of hydrogen-bond acceptors (Lipinski definition) is 6. The van der Waals surface area contributed by atoms with E-state index in [9.17, 15) is 9.59 Å². The molecule has 1 unspecified atom stereocenters. The van der Waals surface area contributed by atoms with Crippen LogP contribution >= 0.6 is 0 Å². The first kappa shape index (κ1) is 22.9. The molecule has 0 bridgehead atoms. The number of nitrogens with one attached hydrogen (secondary N) is 1. The van der Waals surface area contributed by atoms with Gasteiger partial charge in [-0.15, -0.1) is 0 Å². The van der Waals surface area contributed by atoms with Gasteiger partial charge in [-0.25, -0.2) is 14.5 Å². The Morgan fingerprint density at radius 2 is 2.06 bits per heavy atom. The average molecular weight is 475 g/mol. The van der Waals surface area contributed by atoms with Crippen LogP contribution in [0.25, 0.3) is 16.4 Å². The number of fused-ring (bicyclic) bond motifs is 2. The van der Waals surface area contributed by atoms with Crippen molar-refractivity contribution >= 4 is 28.2 Å². The number of benzene rings is 1. The third kappa shape index (κ3) is 4.99. The predicted molar refractivity (Wildman–Crippen MR) is 135 cm³/mol. The van der Waals surface area contributed by atoms with Gasteiger partial charge >= 0.3 is 6.09 Å². The number of aromatic nitrogens is 4. The molecule has 4 aromatic rings. The Labute approximate surface area is 203 Å². The standard InChI is InChI=1S/C26H30N6O3/c1-26(2,3)35-25(34)31-13-10-19(17-31)28-21-8-6-7-18-15-27-32(24(33)23(18)21)14-11-20-16-30-12-5-4-9-22(30)29-20/h4-9,12,15-16,19,28H,10-11,13-14,17H2,1-3H3. The molecule has 0 spiro atoms. The number of carbonyl (C=O) groups is 1. The van der Waals surface area contributed by atoms with Crippen molar-refractivity contribution < 1.29 is 9.53 Å². The summed E-state index contributed by atoms with van der Waals surface area (Å²) in [6.45, 7) is 7.16. The third-order valence-corrected chi connectivity index (χ3v) is 6.07. The van der Waals surface area contributed by atoms with E-state index in [4.69, 9.17) is 4.74 Å². The number of likely N-dealkylation sites (tertiary alicyclic amines) is 1. The SMILES string of the molecule is CC(C)(C)OC(=O)N1CCC(Nc2cccc3cnn(CCc4cn5ccccc5n4)c(=O)c23)C1. The summed E-state index contributed by atoms with van der Waals surface area (Å²) in [4.78, 5) is 32.1. The molecule has 4 heterocycles. The van der Waals surface area contributed by atoms with Crippen molar-refractivity contribution in [2.45, 2.75) is 51.8 Å². The van der Waals surface area contributed by atoms with Gasteiger partial charge in [-0.2, -0.15) is 5.10 Å². The van der Waals surface area contributed by atoms with Crippen LogP contribution in [0.5, 0.6) is 0 Å². The van der Waals surface area contributed by atoms with Gasteiger partial charge in [0.15, 0.2) is 0 Å². The van der Waals surface area contributed by atoms with Gasteiger partial charge in [0, 0.05) is 49.0 Å². The van der Waals surface area contributed by atoms with Crippen molar-refractivity contribution in [3.05, 3.63) is 71.0 Å². The number of aryl methyl sites for hydroxylation is 2. The Morgan fingerprint density at radius 1 is 1.20 bits per heavy atom. The summed E-state index contributed by atoms with van der Waals surface area (Å²) < 4.78 is 8.97. The van der Waals surface area contributed by atoms with Crippen molar-refractivity contribution in [2.24, 2.45) is 0 Å². The number of carbonyl (C=O) groups excluding carboxylic acids is 1. The number of anilines is 1. The van der Waals surface area contributed by atoms with Crippen LogP contribution in [0, 0.1) is 0 Å². The van der Waals surface area contributed by atoms with E-state index in [1.165, 1.54) is 4.68 Å². The summed E-state index contributed by atoms with van der Waals surface area (Å²) in [5.74, 6) is 0. The zero-order chi connectivity index (χ0) is 24.6. The fraction of sp³-hybridized carbons (Fsp3) is 0.385. The summed E-state index contributed by atoms with van der Waals surface area (Å²) in [7, 11) is 0. The van der Waals surface area contributed by atoms with Crippen LogP contribution in [0.15, 0.2) is 59.8 Å². The van der Waals surface area contributed by atoms with Gasteiger partial charge < -0.3 is 19.4 Å². The minimum atomic E-state index is -0.528. The molecule has 0 saturated carbocycles. The maximum atomic E-state index is 13.4. The van der Waals surface area contributed by atoms with Crippen molar-refractivity contribution in [2.75, 3.05) is 18.4 Å². The highest BCUT2D eigenvalue weighted by molar-refractivity contribution is 5.92. The number of amides is 1. The summed E-state index contributed by atoms with van der Waals surface area (Å²) >= 11 is 0. The molecule has 1 amide bonds. The number of imidazole rings is 1. The minimum absolute atomic E-state index is 0.0344. The highest BCUT2D eigenvalue weighted by Crippen LogP contribution is 2.23. The van der Waals surface area contributed by atoms with Crippen molar-refractivity contribution in [3.8, 4) is 0 Å². The number of nitrogens with zero attached hydrogens (tertiary/aromatic N) is 5. The second-order valence-corrected chi connectivity index (χ2v) is 9.95. The number of hydrogen-bond donors (Lipinski definition) is 1. The molecule has 1 aliphatic rings. The monoisotopic (exact) mass is 474 g/mol. The molecule has 9 heteroatoms. The lowest BCUT2D eigenvalue weighted by Crippen LogP contribution is -2.36. The van der Waals surface area contributed by atoms with Gasteiger partial charge in [0.1, 0.15) is 11.2 Å². The van der Waals surface area contributed by atoms with Gasteiger partial charge in [0.2, 0.25) is 0 Å². The average Bonchev–Trinajstić information content (AvgIpc) is 3.44. The first-order valence-corrected chi connectivity index (χ1v) is 11.9. The van der Waals surface area contributed by atoms with Gasteiger partial charge in [0.05, 0.1) is 23.8 Å². The minimum Gasteiger partial charge on any atom is -0.444 e. The Bertz CT molecular complexity index is 1400. The van der Waals surface area contributed by atoms with Crippen molar-refractivity contribution in [1.29, 1.82) is 0 Å². The van der Waals surface area contributed by atoms with Crippen molar-refractivity contribution in [1.82, 2.24) is 24.1 Å². The van der Waals surface area contributed by atoms with Gasteiger partial charge in [-0.3, -0.25) is 4.79 Å². The molecule has 0 radical (unpaired) electrons. The largest absolute Gasteiger partial charge is 0.444 e. The number of ether oxygens (including phenoxy) is 1. The number of pyridine rings is 1. The molecule has 1 atom stereocenters. The fourth-order valence-corrected chi connectivity index (χ4v) is 4.43. The summed E-state index contributed by atoms with van der Waals surface area (Å²) in [6, 6.07) is 11.6. The van der Waals surface area contributed by atoms with Gasteiger partial charge in [-0.05, 0) is 45.4 Å². The molecule has 9 nitrogen and oxygen atoms in total. The van der Waals surface area contributed by atoms with E-state index >= 15 is 0 Å². The molecule has 0 aliphatic carbocycles. The first-order chi connectivity index (χ1) is 16.8. The van der Waals surface area contributed by atoms with Crippen LogP contribution in [0.4, 0.5) is 10.5 Å². The topological polar surface area (TPSA) is 93.8 Å². The Hall–Kier alpha value is -3.88. The van der Waals surface area contributed by atoms with E-state index in [1.54, 1.807) is 11.1 Å².